The van der Waals surface area contributed by atoms with E-state index in [0.29, 0.717) is 6.54 Å². The van der Waals surface area contributed by atoms with Gasteiger partial charge in [-0.05, 0) is 30.9 Å². The topological polar surface area (TPSA) is 48.1 Å². The molecule has 1 aromatic rings. The molecule has 15 heavy (non-hydrogen) atoms. The van der Waals surface area contributed by atoms with Crippen LogP contribution in [0.15, 0.2) is 18.3 Å². The molecule has 0 aromatic carbocycles. The van der Waals surface area contributed by atoms with Crippen molar-refractivity contribution in [1.82, 2.24) is 4.98 Å². The second-order valence-corrected chi connectivity index (χ2v) is 4.15. The largest absolute Gasteiger partial charge is 0.492 e. The van der Waals surface area contributed by atoms with Crippen molar-refractivity contribution in [3.63, 3.8) is 0 Å². The van der Waals surface area contributed by atoms with E-state index in [9.17, 15) is 0 Å². The fraction of sp³-hybridized carbons (Fsp3) is 0.583. The molecule has 1 fully saturated rings. The van der Waals surface area contributed by atoms with Crippen molar-refractivity contribution in [2.24, 2.45) is 11.7 Å². The monoisotopic (exact) mass is 206 g/mol. The molecule has 3 heteroatoms. The molecule has 1 aliphatic rings. The van der Waals surface area contributed by atoms with Crippen LogP contribution < -0.4 is 10.5 Å². The van der Waals surface area contributed by atoms with Crippen LogP contribution in [0.5, 0.6) is 5.75 Å². The predicted octanol–water partition coefficient (Wildman–Crippen LogP) is 2.11. The highest BCUT2D eigenvalue weighted by molar-refractivity contribution is 5.19. The van der Waals surface area contributed by atoms with Crippen molar-refractivity contribution >= 4 is 0 Å². The highest BCUT2D eigenvalue weighted by atomic mass is 16.5. The van der Waals surface area contributed by atoms with Crippen molar-refractivity contribution in [3.8, 4) is 5.75 Å². The van der Waals surface area contributed by atoms with Gasteiger partial charge in [0.05, 0.1) is 18.5 Å². The van der Waals surface area contributed by atoms with E-state index >= 15 is 0 Å². The maximum absolute atomic E-state index is 5.69. The lowest BCUT2D eigenvalue weighted by Crippen LogP contribution is -2.08. The van der Waals surface area contributed by atoms with Gasteiger partial charge in [0.15, 0.2) is 0 Å². The molecule has 0 atom stereocenters. The molecule has 1 heterocycles. The van der Waals surface area contributed by atoms with E-state index in [1.54, 1.807) is 6.20 Å². The maximum Gasteiger partial charge on any atom is 0.137 e. The summed E-state index contributed by atoms with van der Waals surface area (Å²) in [6, 6.07) is 3.87. The van der Waals surface area contributed by atoms with Gasteiger partial charge < -0.3 is 10.5 Å². The van der Waals surface area contributed by atoms with Gasteiger partial charge in [-0.2, -0.15) is 0 Å². The summed E-state index contributed by atoms with van der Waals surface area (Å²) in [4.78, 5) is 4.19. The smallest absolute Gasteiger partial charge is 0.137 e. The highest BCUT2D eigenvalue weighted by Gasteiger charge is 2.15. The van der Waals surface area contributed by atoms with Crippen molar-refractivity contribution in [1.29, 1.82) is 0 Å². The first-order valence-corrected chi connectivity index (χ1v) is 5.66. The first kappa shape index (κ1) is 10.4. The summed E-state index contributed by atoms with van der Waals surface area (Å²) in [6.07, 6.45) is 7.11. The van der Waals surface area contributed by atoms with Gasteiger partial charge in [0, 0.05) is 6.54 Å². The van der Waals surface area contributed by atoms with Crippen LogP contribution in [-0.4, -0.2) is 11.6 Å². The summed E-state index contributed by atoms with van der Waals surface area (Å²) in [5, 5.41) is 0. The van der Waals surface area contributed by atoms with Crippen molar-refractivity contribution in [3.05, 3.63) is 24.0 Å². The molecule has 0 saturated heterocycles. The van der Waals surface area contributed by atoms with E-state index in [-0.39, 0.29) is 0 Å². The number of rotatable bonds is 4. The Balaban J connectivity index is 1.82. The third-order valence-electron chi connectivity index (χ3n) is 2.97. The summed E-state index contributed by atoms with van der Waals surface area (Å²) < 4.78 is 5.69. The number of nitrogens with zero attached hydrogens (tertiary/aromatic N) is 1. The third-order valence-corrected chi connectivity index (χ3v) is 2.97. The lowest BCUT2D eigenvalue weighted by Gasteiger charge is -2.10. The van der Waals surface area contributed by atoms with Gasteiger partial charge in [-0.25, -0.2) is 0 Å². The molecule has 3 nitrogen and oxygen atoms in total. The third kappa shape index (κ3) is 2.93. The van der Waals surface area contributed by atoms with Crippen molar-refractivity contribution < 1.29 is 4.74 Å². The first-order chi connectivity index (χ1) is 7.38. The number of aromatic nitrogens is 1. The van der Waals surface area contributed by atoms with E-state index in [1.165, 1.54) is 25.7 Å². The predicted molar refractivity (Wildman–Crippen MR) is 59.6 cm³/mol. The van der Waals surface area contributed by atoms with Gasteiger partial charge in [0.25, 0.3) is 0 Å². The molecule has 0 bridgehead atoms. The molecular weight excluding hydrogens is 188 g/mol. The number of nitrogens with two attached hydrogens (primary N) is 1. The minimum absolute atomic E-state index is 0.489. The van der Waals surface area contributed by atoms with E-state index in [4.69, 9.17) is 10.5 Å². The molecule has 1 saturated carbocycles. The first-order valence-electron chi connectivity index (χ1n) is 5.66. The Hall–Kier alpha value is -1.09. The fourth-order valence-corrected chi connectivity index (χ4v) is 2.01. The molecular formula is C12H18N2O. The van der Waals surface area contributed by atoms with Crippen LogP contribution in [-0.2, 0) is 6.54 Å². The zero-order chi connectivity index (χ0) is 10.5. The zero-order valence-corrected chi connectivity index (χ0v) is 8.98. The molecule has 2 rings (SSSR count). The zero-order valence-electron chi connectivity index (χ0n) is 8.98. The quantitative estimate of drug-likeness (QED) is 0.820. The molecule has 0 amide bonds. The van der Waals surface area contributed by atoms with Gasteiger partial charge in [0.2, 0.25) is 0 Å². The Morgan fingerprint density at radius 2 is 2.13 bits per heavy atom. The Morgan fingerprint density at radius 1 is 1.33 bits per heavy atom. The number of pyridine rings is 1. The minimum atomic E-state index is 0.489. The average Bonchev–Trinajstić information content (AvgIpc) is 2.80. The standard InChI is InChI=1S/C12H18N2O/c13-7-11-5-6-12(8-14-11)15-9-10-3-1-2-4-10/h5-6,8,10H,1-4,7,9,13H2. The highest BCUT2D eigenvalue weighted by Crippen LogP contribution is 2.25. The molecule has 0 radical (unpaired) electrons. The SMILES string of the molecule is NCc1ccc(OCC2CCCC2)cn1. The summed E-state index contributed by atoms with van der Waals surface area (Å²) in [5.74, 6) is 1.61. The summed E-state index contributed by atoms with van der Waals surface area (Å²) >= 11 is 0. The molecule has 1 aliphatic carbocycles. The van der Waals surface area contributed by atoms with Gasteiger partial charge in [-0.1, -0.05) is 12.8 Å². The van der Waals surface area contributed by atoms with E-state index in [1.807, 2.05) is 12.1 Å². The van der Waals surface area contributed by atoms with Crippen LogP contribution in [0, 0.1) is 5.92 Å². The lowest BCUT2D eigenvalue weighted by molar-refractivity contribution is 0.251. The maximum atomic E-state index is 5.69. The molecule has 1 aromatic heterocycles. The second-order valence-electron chi connectivity index (χ2n) is 4.15. The number of hydrogen-bond donors (Lipinski definition) is 1. The van der Waals surface area contributed by atoms with Crippen LogP contribution in [0.2, 0.25) is 0 Å². The van der Waals surface area contributed by atoms with Gasteiger partial charge in [0.1, 0.15) is 5.75 Å². The van der Waals surface area contributed by atoms with Crippen LogP contribution in [0.25, 0.3) is 0 Å². The lowest BCUT2D eigenvalue weighted by atomic mass is 10.1. The Kier molecular flexibility index (Phi) is 3.56. The molecule has 2 N–H and O–H groups in total. The summed E-state index contributed by atoms with van der Waals surface area (Å²) in [5.41, 5.74) is 6.38. The van der Waals surface area contributed by atoms with Gasteiger partial charge in [-0.15, -0.1) is 0 Å². The van der Waals surface area contributed by atoms with Gasteiger partial charge in [-0.3, -0.25) is 4.98 Å². The normalized spacial score (nSPS) is 16.9. The average molecular weight is 206 g/mol. The van der Waals surface area contributed by atoms with Crippen LogP contribution in [0.4, 0.5) is 0 Å². The number of hydrogen-bond acceptors (Lipinski definition) is 3. The summed E-state index contributed by atoms with van der Waals surface area (Å²) in [7, 11) is 0. The molecule has 0 spiro atoms. The Labute approximate surface area is 90.7 Å². The molecule has 0 unspecified atom stereocenters. The van der Waals surface area contributed by atoms with Crippen LogP contribution in [0.1, 0.15) is 31.4 Å². The Bertz CT molecular complexity index is 291. The van der Waals surface area contributed by atoms with Crippen LogP contribution >= 0.6 is 0 Å². The number of ether oxygens (including phenoxy) is 1. The van der Waals surface area contributed by atoms with Crippen LogP contribution in [0.3, 0.4) is 0 Å². The van der Waals surface area contributed by atoms with E-state index < -0.39 is 0 Å². The summed E-state index contributed by atoms with van der Waals surface area (Å²) in [6.45, 7) is 1.33. The molecule has 82 valence electrons. The van der Waals surface area contributed by atoms with Gasteiger partial charge >= 0.3 is 0 Å². The second kappa shape index (κ2) is 5.12. The Morgan fingerprint density at radius 3 is 2.73 bits per heavy atom. The minimum Gasteiger partial charge on any atom is -0.492 e. The molecule has 0 aliphatic heterocycles. The fourth-order valence-electron chi connectivity index (χ4n) is 2.01. The van der Waals surface area contributed by atoms with E-state index in [0.717, 1.165) is 24.0 Å². The van der Waals surface area contributed by atoms with E-state index in [2.05, 4.69) is 4.98 Å². The van der Waals surface area contributed by atoms with Crippen molar-refractivity contribution in [2.75, 3.05) is 6.61 Å². The van der Waals surface area contributed by atoms with Crippen molar-refractivity contribution in [2.45, 2.75) is 32.2 Å².